The first-order valence-electron chi connectivity index (χ1n) is 5.17. The van der Waals surface area contributed by atoms with Gasteiger partial charge in [0.15, 0.2) is 0 Å². The molecule has 0 heterocycles. The topological polar surface area (TPSA) is 37.4 Å². The molecule has 1 fully saturated rings. The Morgan fingerprint density at radius 1 is 1.38 bits per heavy atom. The van der Waals surface area contributed by atoms with Crippen LogP contribution in [0.15, 0.2) is 23.1 Å². The molecule has 1 aromatic carbocycles. The summed E-state index contributed by atoms with van der Waals surface area (Å²) in [4.78, 5) is 0.275. The number of halogens is 1. The quantitative estimate of drug-likeness (QED) is 0.836. The highest BCUT2D eigenvalue weighted by Crippen LogP contribution is 2.31. The smallest absolute Gasteiger partial charge is 0.207 e. The Balaban J connectivity index is 2.38. The highest BCUT2D eigenvalue weighted by atomic mass is 35.5. The lowest BCUT2D eigenvalue weighted by atomic mass is 10.2. The molecule has 1 saturated carbocycles. The molecular weight excluding hydrogens is 246 g/mol. The Kier molecular flexibility index (Phi) is 2.99. The molecule has 0 saturated heterocycles. The summed E-state index contributed by atoms with van der Waals surface area (Å²) in [6, 6.07) is 5.03. The van der Waals surface area contributed by atoms with Gasteiger partial charge in [0.2, 0.25) is 10.0 Å². The van der Waals surface area contributed by atoms with Gasteiger partial charge in [0, 0.05) is 18.1 Å². The van der Waals surface area contributed by atoms with Crippen molar-refractivity contribution in [1.82, 2.24) is 4.31 Å². The molecule has 1 aromatic rings. The molecule has 16 heavy (non-hydrogen) atoms. The van der Waals surface area contributed by atoms with Crippen LogP contribution in [-0.2, 0) is 10.0 Å². The van der Waals surface area contributed by atoms with Gasteiger partial charge in [0.25, 0.3) is 0 Å². The van der Waals surface area contributed by atoms with Crippen LogP contribution in [0.3, 0.4) is 0 Å². The molecule has 1 aliphatic rings. The number of sulfonamides is 1. The van der Waals surface area contributed by atoms with Crippen LogP contribution in [0.1, 0.15) is 18.4 Å². The van der Waals surface area contributed by atoms with Crippen molar-refractivity contribution < 1.29 is 8.42 Å². The maximum absolute atomic E-state index is 12.1. The Morgan fingerprint density at radius 3 is 2.50 bits per heavy atom. The van der Waals surface area contributed by atoms with Gasteiger partial charge in [0.1, 0.15) is 0 Å². The van der Waals surface area contributed by atoms with Crippen LogP contribution in [0.2, 0.25) is 5.02 Å². The summed E-state index contributed by atoms with van der Waals surface area (Å²) in [5.74, 6) is 0. The molecule has 0 aromatic heterocycles. The first kappa shape index (κ1) is 11.9. The molecule has 1 aliphatic carbocycles. The summed E-state index contributed by atoms with van der Waals surface area (Å²) >= 11 is 5.94. The molecule has 5 heteroatoms. The van der Waals surface area contributed by atoms with Gasteiger partial charge in [-0.3, -0.25) is 0 Å². The second-order valence-corrected chi connectivity index (χ2v) is 6.57. The van der Waals surface area contributed by atoms with Crippen molar-refractivity contribution in [2.75, 3.05) is 7.05 Å². The third-order valence-corrected chi connectivity index (χ3v) is 5.19. The summed E-state index contributed by atoms with van der Waals surface area (Å²) in [6.07, 6.45) is 1.91. The minimum atomic E-state index is -3.37. The molecule has 0 N–H and O–H groups in total. The van der Waals surface area contributed by atoms with Crippen molar-refractivity contribution in [2.45, 2.75) is 30.7 Å². The SMILES string of the molecule is Cc1ccc(S(=O)(=O)N(C)C2CC2)cc1Cl. The lowest BCUT2D eigenvalue weighted by Crippen LogP contribution is -2.28. The summed E-state index contributed by atoms with van der Waals surface area (Å²) in [5.41, 5.74) is 0.884. The fraction of sp³-hybridized carbons (Fsp3) is 0.455. The average Bonchev–Trinajstić information content (AvgIpc) is 3.04. The van der Waals surface area contributed by atoms with Gasteiger partial charge in [-0.05, 0) is 37.5 Å². The molecule has 88 valence electrons. The Bertz CT molecular complexity index is 509. The van der Waals surface area contributed by atoms with Crippen LogP contribution in [-0.4, -0.2) is 25.8 Å². The van der Waals surface area contributed by atoms with Gasteiger partial charge in [-0.2, -0.15) is 4.31 Å². The predicted molar refractivity (Wildman–Crippen MR) is 64.2 cm³/mol. The lowest BCUT2D eigenvalue weighted by Gasteiger charge is -2.16. The first-order valence-corrected chi connectivity index (χ1v) is 6.99. The first-order chi connectivity index (χ1) is 7.43. The van der Waals surface area contributed by atoms with Crippen molar-refractivity contribution in [3.05, 3.63) is 28.8 Å². The fourth-order valence-electron chi connectivity index (χ4n) is 1.53. The van der Waals surface area contributed by atoms with Crippen LogP contribution in [0, 0.1) is 6.92 Å². The van der Waals surface area contributed by atoms with Gasteiger partial charge in [-0.15, -0.1) is 0 Å². The molecular formula is C11H14ClNO2S. The highest BCUT2D eigenvalue weighted by molar-refractivity contribution is 7.89. The minimum Gasteiger partial charge on any atom is -0.207 e. The molecule has 2 rings (SSSR count). The van der Waals surface area contributed by atoms with Crippen molar-refractivity contribution in [3.63, 3.8) is 0 Å². The summed E-state index contributed by atoms with van der Waals surface area (Å²) < 4.78 is 25.7. The normalized spacial score (nSPS) is 16.8. The zero-order chi connectivity index (χ0) is 11.9. The van der Waals surface area contributed by atoms with Crippen LogP contribution in [0.5, 0.6) is 0 Å². The third-order valence-electron chi connectivity index (χ3n) is 2.88. The van der Waals surface area contributed by atoms with Gasteiger partial charge in [-0.25, -0.2) is 8.42 Å². The van der Waals surface area contributed by atoms with Crippen LogP contribution < -0.4 is 0 Å². The van der Waals surface area contributed by atoms with E-state index >= 15 is 0 Å². The van der Waals surface area contributed by atoms with Gasteiger partial charge < -0.3 is 0 Å². The summed E-state index contributed by atoms with van der Waals surface area (Å²) in [5, 5.41) is 0.491. The Hall–Kier alpha value is -0.580. The summed E-state index contributed by atoms with van der Waals surface area (Å²) in [6.45, 7) is 1.85. The number of aryl methyl sites for hydroxylation is 1. The molecule has 0 amide bonds. The standard InChI is InChI=1S/C11H14ClNO2S/c1-8-3-6-10(7-11(8)12)16(14,15)13(2)9-4-5-9/h3,6-7,9H,4-5H2,1-2H3. The average molecular weight is 260 g/mol. The van der Waals surface area contributed by atoms with E-state index in [1.54, 1.807) is 19.2 Å². The third kappa shape index (κ3) is 2.10. The van der Waals surface area contributed by atoms with Gasteiger partial charge in [-0.1, -0.05) is 17.7 Å². The zero-order valence-electron chi connectivity index (χ0n) is 9.27. The largest absolute Gasteiger partial charge is 0.243 e. The van der Waals surface area contributed by atoms with Crippen molar-refractivity contribution in [3.8, 4) is 0 Å². The molecule has 0 aliphatic heterocycles. The van der Waals surface area contributed by atoms with Gasteiger partial charge in [0.05, 0.1) is 4.90 Å². The van der Waals surface area contributed by atoms with E-state index in [1.165, 1.54) is 10.4 Å². The van der Waals surface area contributed by atoms with E-state index in [9.17, 15) is 8.42 Å². The number of nitrogens with zero attached hydrogens (tertiary/aromatic N) is 1. The van der Waals surface area contributed by atoms with E-state index in [-0.39, 0.29) is 10.9 Å². The van der Waals surface area contributed by atoms with E-state index in [2.05, 4.69) is 0 Å². The Labute approximate surface area is 101 Å². The van der Waals surface area contributed by atoms with Crippen LogP contribution in [0.4, 0.5) is 0 Å². The van der Waals surface area contributed by atoms with E-state index < -0.39 is 10.0 Å². The van der Waals surface area contributed by atoms with E-state index in [0.29, 0.717) is 5.02 Å². The number of rotatable bonds is 3. The highest BCUT2D eigenvalue weighted by Gasteiger charge is 2.35. The maximum atomic E-state index is 12.1. The number of hydrogen-bond acceptors (Lipinski definition) is 2. The van der Waals surface area contributed by atoms with Gasteiger partial charge >= 0.3 is 0 Å². The molecule has 0 radical (unpaired) electrons. The molecule has 0 unspecified atom stereocenters. The zero-order valence-corrected chi connectivity index (χ0v) is 10.8. The van der Waals surface area contributed by atoms with Crippen LogP contribution >= 0.6 is 11.6 Å². The summed E-state index contributed by atoms with van der Waals surface area (Å²) in [7, 11) is -1.74. The number of hydrogen-bond donors (Lipinski definition) is 0. The lowest BCUT2D eigenvalue weighted by molar-refractivity contribution is 0.464. The van der Waals surface area contributed by atoms with E-state index in [0.717, 1.165) is 18.4 Å². The maximum Gasteiger partial charge on any atom is 0.243 e. The second-order valence-electron chi connectivity index (χ2n) is 4.16. The van der Waals surface area contributed by atoms with Crippen LogP contribution in [0.25, 0.3) is 0 Å². The van der Waals surface area contributed by atoms with E-state index in [4.69, 9.17) is 11.6 Å². The van der Waals surface area contributed by atoms with Crippen molar-refractivity contribution in [2.24, 2.45) is 0 Å². The van der Waals surface area contributed by atoms with E-state index in [1.807, 2.05) is 6.92 Å². The fourth-order valence-corrected chi connectivity index (χ4v) is 3.22. The van der Waals surface area contributed by atoms with Crippen molar-refractivity contribution >= 4 is 21.6 Å². The molecule has 0 bridgehead atoms. The predicted octanol–water partition coefficient (Wildman–Crippen LogP) is 2.43. The van der Waals surface area contributed by atoms with Crippen molar-refractivity contribution in [1.29, 1.82) is 0 Å². The molecule has 3 nitrogen and oxygen atoms in total. The second kappa shape index (κ2) is 4.02. The molecule has 0 atom stereocenters. The number of benzene rings is 1. The minimum absolute atomic E-state index is 0.171. The molecule has 0 spiro atoms. The monoisotopic (exact) mass is 259 g/mol. The Morgan fingerprint density at radius 2 is 2.00 bits per heavy atom.